The van der Waals surface area contributed by atoms with E-state index in [9.17, 15) is 4.79 Å². The lowest BCUT2D eigenvalue weighted by molar-refractivity contribution is -0.111. The maximum atomic E-state index is 11.6. The first-order valence-corrected chi connectivity index (χ1v) is 12.4. The maximum absolute atomic E-state index is 11.6. The third kappa shape index (κ3) is 5.63. The summed E-state index contributed by atoms with van der Waals surface area (Å²) in [5, 5.41) is 7.10. The highest BCUT2D eigenvalue weighted by atomic mass is 127. The van der Waals surface area contributed by atoms with E-state index in [4.69, 9.17) is 4.98 Å². The summed E-state index contributed by atoms with van der Waals surface area (Å²) in [7, 11) is 0. The van der Waals surface area contributed by atoms with Gasteiger partial charge in [-0.3, -0.25) is 4.79 Å². The Morgan fingerprint density at radius 1 is 1.06 bits per heavy atom. The minimum atomic E-state index is -0.228. The molecule has 2 aromatic carbocycles. The number of nitrogens with one attached hydrogen (secondary N) is 2. The summed E-state index contributed by atoms with van der Waals surface area (Å²) in [5.74, 6) is 0.323. The van der Waals surface area contributed by atoms with E-state index in [1.807, 2.05) is 42.7 Å². The number of amides is 1. The number of carbonyl (C=O) groups is 1. The van der Waals surface area contributed by atoms with Crippen molar-refractivity contribution in [1.29, 1.82) is 0 Å². The Balaban J connectivity index is 1.30. The molecule has 1 amide bonds. The summed E-state index contributed by atoms with van der Waals surface area (Å²) in [6, 6.07) is 18.2. The van der Waals surface area contributed by atoms with Gasteiger partial charge < -0.3 is 20.1 Å². The zero-order chi connectivity index (χ0) is 24.2. The summed E-state index contributed by atoms with van der Waals surface area (Å²) in [4.78, 5) is 23.3. The van der Waals surface area contributed by atoms with Crippen LogP contribution in [0.4, 0.5) is 23.0 Å². The van der Waals surface area contributed by atoms with E-state index in [1.54, 1.807) is 0 Å². The molecule has 4 aromatic rings. The van der Waals surface area contributed by atoms with Crippen LogP contribution in [-0.2, 0) is 11.3 Å². The topological polar surface area (TPSA) is 78.3 Å². The molecule has 1 aliphatic rings. The number of anilines is 4. The van der Waals surface area contributed by atoms with Gasteiger partial charge in [0, 0.05) is 90.4 Å². The fourth-order valence-electron chi connectivity index (χ4n) is 4.12. The van der Waals surface area contributed by atoms with Crippen LogP contribution in [0.3, 0.4) is 0 Å². The molecule has 2 aromatic heterocycles. The predicted octanol–water partition coefficient (Wildman–Crippen LogP) is 4.82. The molecule has 2 N–H and O–H groups in total. The fourth-order valence-corrected chi connectivity index (χ4v) is 4.55. The third-order valence-electron chi connectivity index (χ3n) is 5.95. The van der Waals surface area contributed by atoms with E-state index < -0.39 is 0 Å². The van der Waals surface area contributed by atoms with E-state index >= 15 is 0 Å². The molecule has 0 unspecified atom stereocenters. The monoisotopic (exact) mass is 579 g/mol. The Labute approximate surface area is 218 Å². The van der Waals surface area contributed by atoms with Crippen molar-refractivity contribution in [1.82, 2.24) is 17.6 Å². The van der Waals surface area contributed by atoms with Crippen LogP contribution in [0.2, 0.25) is 0 Å². The number of aromatic nitrogens is 3. The first kappa shape index (κ1) is 23.3. The summed E-state index contributed by atoms with van der Waals surface area (Å²) >= 11 is 2.39. The Kier molecular flexibility index (Phi) is 6.96. The van der Waals surface area contributed by atoms with Gasteiger partial charge in [-0.2, -0.15) is 4.98 Å². The summed E-state index contributed by atoms with van der Waals surface area (Å²) in [6.07, 6.45) is 5.10. The molecule has 1 aliphatic heterocycles. The quantitative estimate of drug-likeness (QED) is 0.186. The summed E-state index contributed by atoms with van der Waals surface area (Å²) in [5.41, 5.74) is 4.81. The van der Waals surface area contributed by atoms with Gasteiger partial charge in [-0.25, -0.2) is 8.10 Å². The third-order valence-corrected chi connectivity index (χ3v) is 6.91. The van der Waals surface area contributed by atoms with E-state index in [0.717, 1.165) is 54.2 Å². The number of rotatable bonds is 7. The molecule has 178 valence electrons. The Hall–Kier alpha value is -3.44. The van der Waals surface area contributed by atoms with E-state index in [1.165, 1.54) is 11.8 Å². The smallest absolute Gasteiger partial charge is 0.247 e. The van der Waals surface area contributed by atoms with Crippen LogP contribution in [0, 0.1) is 0 Å². The summed E-state index contributed by atoms with van der Waals surface area (Å²) in [6.45, 7) is 8.34. The number of hydrogen-bond donors (Lipinski definition) is 2. The lowest BCUT2D eigenvalue weighted by Crippen LogP contribution is -2.42. The lowest BCUT2D eigenvalue weighted by atomic mass is 10.2. The van der Waals surface area contributed by atoms with Crippen LogP contribution < -0.4 is 15.5 Å². The molecule has 1 fully saturated rings. The van der Waals surface area contributed by atoms with Gasteiger partial charge in [0.05, 0.1) is 0 Å². The van der Waals surface area contributed by atoms with Gasteiger partial charge in [0.15, 0.2) is 0 Å². The molecule has 9 heteroatoms. The molecular formula is C26H26IN7O. The summed E-state index contributed by atoms with van der Waals surface area (Å²) < 4.78 is 4.40. The molecule has 0 saturated carbocycles. The lowest BCUT2D eigenvalue weighted by Gasteiger charge is -2.33. The van der Waals surface area contributed by atoms with E-state index in [-0.39, 0.29) is 5.91 Å². The van der Waals surface area contributed by atoms with Crippen molar-refractivity contribution in [3.8, 4) is 0 Å². The number of nitrogens with zero attached hydrogens (tertiary/aromatic N) is 5. The molecule has 0 atom stereocenters. The highest BCUT2D eigenvalue weighted by molar-refractivity contribution is 14.1. The average Bonchev–Trinajstić information content (AvgIpc) is 3.27. The van der Waals surface area contributed by atoms with Crippen molar-refractivity contribution < 1.29 is 4.79 Å². The largest absolute Gasteiger partial charge is 0.369 e. The van der Waals surface area contributed by atoms with Crippen LogP contribution in [0.25, 0.3) is 11.0 Å². The Bertz CT molecular complexity index is 1340. The molecule has 0 bridgehead atoms. The van der Waals surface area contributed by atoms with Gasteiger partial charge in [-0.15, -0.1) is 0 Å². The number of hydrogen-bond acceptors (Lipinski definition) is 6. The molecule has 0 aliphatic carbocycles. The first-order chi connectivity index (χ1) is 17.1. The predicted molar refractivity (Wildman–Crippen MR) is 149 cm³/mol. The van der Waals surface area contributed by atoms with Crippen LogP contribution in [0.15, 0.2) is 79.6 Å². The average molecular weight is 579 g/mol. The molecule has 1 saturated heterocycles. The van der Waals surface area contributed by atoms with Gasteiger partial charge in [-0.05, 0) is 54.1 Å². The van der Waals surface area contributed by atoms with Crippen LogP contribution in [0.5, 0.6) is 0 Å². The van der Waals surface area contributed by atoms with E-state index in [0.29, 0.717) is 12.5 Å². The normalized spacial score (nSPS) is 14.1. The van der Waals surface area contributed by atoms with E-state index in [2.05, 4.69) is 81.9 Å². The highest BCUT2D eigenvalue weighted by Gasteiger charge is 2.15. The minimum Gasteiger partial charge on any atom is -0.369 e. The zero-order valence-corrected chi connectivity index (χ0v) is 21.4. The van der Waals surface area contributed by atoms with Crippen molar-refractivity contribution in [3.63, 3.8) is 0 Å². The second-order valence-corrected chi connectivity index (χ2v) is 9.74. The Morgan fingerprint density at radius 2 is 1.86 bits per heavy atom. The second kappa shape index (κ2) is 10.4. The number of fused-ring (bicyclic) bond motifs is 1. The van der Waals surface area contributed by atoms with Crippen LogP contribution >= 0.6 is 22.9 Å². The number of carbonyl (C=O) groups excluding carboxylic acids is 1. The standard InChI is InChI=1S/C26H26IN7O/c1-2-24(35)29-22-5-3-4-19(16-22)18-33-11-10-20-17-28-26(31-25(20)33)30-21-6-8-23(9-7-21)32-12-14-34(27)15-13-32/h2-11,16-17H,1,12-15,18H2,(H,29,35)(H,28,30,31). The van der Waals surface area contributed by atoms with Crippen molar-refractivity contribution in [3.05, 3.63) is 85.2 Å². The van der Waals surface area contributed by atoms with Crippen molar-refractivity contribution in [2.75, 3.05) is 41.7 Å². The van der Waals surface area contributed by atoms with Gasteiger partial charge in [0.25, 0.3) is 0 Å². The molecule has 8 nitrogen and oxygen atoms in total. The van der Waals surface area contributed by atoms with Crippen LogP contribution in [0.1, 0.15) is 5.56 Å². The van der Waals surface area contributed by atoms with Crippen LogP contribution in [-0.4, -0.2) is 49.7 Å². The van der Waals surface area contributed by atoms with Gasteiger partial charge >= 0.3 is 0 Å². The Morgan fingerprint density at radius 3 is 2.63 bits per heavy atom. The maximum Gasteiger partial charge on any atom is 0.247 e. The molecule has 35 heavy (non-hydrogen) atoms. The molecule has 0 spiro atoms. The van der Waals surface area contributed by atoms with Gasteiger partial charge in [0.1, 0.15) is 5.65 Å². The van der Waals surface area contributed by atoms with Crippen molar-refractivity contribution >= 4 is 62.8 Å². The highest BCUT2D eigenvalue weighted by Crippen LogP contribution is 2.23. The SMILES string of the molecule is C=CC(=O)Nc1cccc(Cn2ccc3cnc(Nc4ccc(N5CCN(I)CC5)cc4)nc32)c1. The fraction of sp³-hybridized carbons (Fsp3) is 0.192. The number of benzene rings is 2. The van der Waals surface area contributed by atoms with Crippen molar-refractivity contribution in [2.24, 2.45) is 0 Å². The molecule has 3 heterocycles. The number of halogens is 1. The molecule has 5 rings (SSSR count). The second-order valence-electron chi connectivity index (χ2n) is 8.38. The zero-order valence-electron chi connectivity index (χ0n) is 19.2. The minimum absolute atomic E-state index is 0.228. The van der Waals surface area contributed by atoms with Gasteiger partial charge in [0.2, 0.25) is 11.9 Å². The first-order valence-electron chi connectivity index (χ1n) is 11.4. The molecular weight excluding hydrogens is 553 g/mol. The van der Waals surface area contributed by atoms with Gasteiger partial charge in [-0.1, -0.05) is 18.7 Å². The molecule has 0 radical (unpaired) electrons. The van der Waals surface area contributed by atoms with Crippen molar-refractivity contribution in [2.45, 2.75) is 6.54 Å². The number of piperazine rings is 1.